The molecule has 0 aliphatic carbocycles. The molecule has 0 bridgehead atoms. The first-order valence-corrected chi connectivity index (χ1v) is 14.5. The maximum absolute atomic E-state index is 14.6. The van der Waals surface area contributed by atoms with Gasteiger partial charge in [-0.1, -0.05) is 36.8 Å². The summed E-state index contributed by atoms with van der Waals surface area (Å²) in [6, 6.07) is 18.0. The van der Waals surface area contributed by atoms with Crippen molar-refractivity contribution in [1.29, 1.82) is 10.5 Å². The second-order valence-electron chi connectivity index (χ2n) is 11.3. The fraction of sp³-hybridized carbons (Fsp3) is 0.485. The molecule has 7 heteroatoms. The molecule has 2 aromatic rings. The van der Waals surface area contributed by atoms with Crippen molar-refractivity contribution < 1.29 is 4.79 Å². The number of carbonyl (C=O) groups is 1. The van der Waals surface area contributed by atoms with Crippen LogP contribution in [-0.4, -0.2) is 60.6 Å². The van der Waals surface area contributed by atoms with Crippen molar-refractivity contribution in [2.75, 3.05) is 37.7 Å². The maximum atomic E-state index is 14.6. The molecule has 7 nitrogen and oxygen atoms in total. The number of hydrogen-bond donors (Lipinski definition) is 1. The number of amides is 1. The lowest BCUT2D eigenvalue weighted by Crippen LogP contribution is -2.46. The van der Waals surface area contributed by atoms with Crippen molar-refractivity contribution in [2.24, 2.45) is 0 Å². The van der Waals surface area contributed by atoms with Crippen LogP contribution in [0, 0.1) is 36.5 Å². The number of benzene rings is 2. The first-order valence-electron chi connectivity index (χ1n) is 14.5. The van der Waals surface area contributed by atoms with E-state index in [0.717, 1.165) is 44.0 Å². The first-order chi connectivity index (χ1) is 19.3. The number of nitrogens with one attached hydrogen (secondary N) is 1. The molecule has 2 aliphatic heterocycles. The van der Waals surface area contributed by atoms with E-state index >= 15 is 0 Å². The highest BCUT2D eigenvalue weighted by molar-refractivity contribution is 6.08. The number of hydrogen-bond acceptors (Lipinski definition) is 6. The molecule has 2 aromatic carbocycles. The summed E-state index contributed by atoms with van der Waals surface area (Å²) < 4.78 is 0. The molecule has 2 saturated heterocycles. The lowest BCUT2D eigenvalue weighted by atomic mass is 9.90. The van der Waals surface area contributed by atoms with Crippen molar-refractivity contribution in [2.45, 2.75) is 72.0 Å². The Hall–Kier alpha value is -3.49. The zero-order chi connectivity index (χ0) is 28.6. The fourth-order valence-electron chi connectivity index (χ4n) is 5.97. The summed E-state index contributed by atoms with van der Waals surface area (Å²) in [4.78, 5) is 21.0. The standard InChI is InChI=1S/C33H42N6O/c1-24(2)39(30-13-9-11-27(18-30)22-37-15-6-5-7-16-37)33(40)32(29(20-34)21-35)31(38-17-14-36-23-38)19-28-12-8-10-25(3)26(28)4/h8-13,18,24,31,36H,5-7,14-17,19,22-23H2,1-4H3. The normalized spacial score (nSPS) is 16.8. The molecule has 1 amide bonds. The highest BCUT2D eigenvalue weighted by Crippen LogP contribution is 2.29. The van der Waals surface area contributed by atoms with Crippen LogP contribution >= 0.6 is 0 Å². The highest BCUT2D eigenvalue weighted by Gasteiger charge is 2.36. The molecule has 40 heavy (non-hydrogen) atoms. The number of aryl methyl sites for hydroxylation is 1. The van der Waals surface area contributed by atoms with Gasteiger partial charge in [0.2, 0.25) is 0 Å². The molecule has 2 fully saturated rings. The molecule has 2 heterocycles. The molecule has 0 saturated carbocycles. The molecule has 0 radical (unpaired) electrons. The maximum Gasteiger partial charge on any atom is 0.258 e. The summed E-state index contributed by atoms with van der Waals surface area (Å²) >= 11 is 0. The van der Waals surface area contributed by atoms with E-state index in [9.17, 15) is 15.3 Å². The van der Waals surface area contributed by atoms with Crippen LogP contribution in [0.3, 0.4) is 0 Å². The molecule has 1 unspecified atom stereocenters. The molecule has 210 valence electrons. The SMILES string of the molecule is Cc1cccc(CC(C(C(=O)N(c2cccc(CN3CCCCC3)c2)C(C)C)=C(C#N)C#N)N2CCNC2)c1C. The van der Waals surface area contributed by atoms with Gasteiger partial charge in [-0.05, 0) is 94.4 Å². The molecular weight excluding hydrogens is 496 g/mol. The zero-order valence-corrected chi connectivity index (χ0v) is 24.4. The summed E-state index contributed by atoms with van der Waals surface area (Å²) in [5.41, 5.74) is 5.62. The van der Waals surface area contributed by atoms with E-state index in [1.807, 2.05) is 32.0 Å². The summed E-state index contributed by atoms with van der Waals surface area (Å²) in [6.45, 7) is 13.3. The Kier molecular flexibility index (Phi) is 10.1. The van der Waals surface area contributed by atoms with Crippen LogP contribution in [0.2, 0.25) is 0 Å². The van der Waals surface area contributed by atoms with E-state index in [-0.39, 0.29) is 23.1 Å². The Bertz CT molecular complexity index is 1290. The molecule has 1 atom stereocenters. The number of likely N-dealkylation sites (tertiary alicyclic amines) is 1. The Labute approximate surface area is 239 Å². The molecule has 0 aromatic heterocycles. The van der Waals surface area contributed by atoms with Crippen LogP contribution in [0.1, 0.15) is 55.4 Å². The molecule has 0 spiro atoms. The minimum Gasteiger partial charge on any atom is -0.306 e. The summed E-state index contributed by atoms with van der Waals surface area (Å²) in [6.07, 6.45) is 4.28. The second-order valence-corrected chi connectivity index (χ2v) is 11.3. The second kappa shape index (κ2) is 13.7. The minimum atomic E-state index is -0.407. The average molecular weight is 539 g/mol. The summed E-state index contributed by atoms with van der Waals surface area (Å²) in [5.74, 6) is -0.273. The molecular formula is C33H42N6O. The number of allylic oxidation sites excluding steroid dienone is 1. The van der Waals surface area contributed by atoms with Gasteiger partial charge in [-0.15, -0.1) is 0 Å². The minimum absolute atomic E-state index is 0.109. The number of piperidine rings is 1. The van der Waals surface area contributed by atoms with Crippen molar-refractivity contribution in [3.63, 3.8) is 0 Å². The smallest absolute Gasteiger partial charge is 0.258 e. The number of carbonyl (C=O) groups excluding carboxylic acids is 1. The Morgan fingerprint density at radius 2 is 1.75 bits per heavy atom. The summed E-state index contributed by atoms with van der Waals surface area (Å²) in [7, 11) is 0. The predicted molar refractivity (Wildman–Crippen MR) is 159 cm³/mol. The summed E-state index contributed by atoms with van der Waals surface area (Å²) in [5, 5.41) is 23.5. The third-order valence-electron chi connectivity index (χ3n) is 8.30. The quantitative estimate of drug-likeness (QED) is 0.363. The van der Waals surface area contributed by atoms with Crippen molar-refractivity contribution in [3.05, 3.63) is 75.9 Å². The van der Waals surface area contributed by atoms with Gasteiger partial charge in [0, 0.05) is 44.1 Å². The molecule has 2 aliphatic rings. The molecule has 4 rings (SSSR count). The van der Waals surface area contributed by atoms with E-state index in [2.05, 4.69) is 65.4 Å². The average Bonchev–Trinajstić information content (AvgIpc) is 3.48. The van der Waals surface area contributed by atoms with E-state index in [1.165, 1.54) is 36.0 Å². The van der Waals surface area contributed by atoms with Gasteiger partial charge < -0.3 is 10.2 Å². The topological polar surface area (TPSA) is 86.4 Å². The van der Waals surface area contributed by atoms with E-state index < -0.39 is 6.04 Å². The van der Waals surface area contributed by atoms with Gasteiger partial charge in [0.1, 0.15) is 17.7 Å². The van der Waals surface area contributed by atoms with Gasteiger partial charge in [0.05, 0.1) is 5.57 Å². The number of anilines is 1. The van der Waals surface area contributed by atoms with Gasteiger partial charge in [0.15, 0.2) is 0 Å². The predicted octanol–water partition coefficient (Wildman–Crippen LogP) is 4.85. The lowest BCUT2D eigenvalue weighted by Gasteiger charge is -2.34. The Morgan fingerprint density at radius 3 is 2.40 bits per heavy atom. The lowest BCUT2D eigenvalue weighted by molar-refractivity contribution is -0.116. The van der Waals surface area contributed by atoms with E-state index in [4.69, 9.17) is 0 Å². The van der Waals surface area contributed by atoms with Crippen LogP contribution in [0.25, 0.3) is 0 Å². The monoisotopic (exact) mass is 538 g/mol. The molecule has 1 N–H and O–H groups in total. The Balaban J connectivity index is 1.75. The number of nitriles is 2. The van der Waals surface area contributed by atoms with Crippen molar-refractivity contribution in [3.8, 4) is 12.1 Å². The third-order valence-corrected chi connectivity index (χ3v) is 8.30. The van der Waals surface area contributed by atoms with Crippen LogP contribution in [-0.2, 0) is 17.8 Å². The largest absolute Gasteiger partial charge is 0.306 e. The highest BCUT2D eigenvalue weighted by atomic mass is 16.2. The van der Waals surface area contributed by atoms with E-state index in [1.54, 1.807) is 4.90 Å². The number of nitrogens with zero attached hydrogens (tertiary/aromatic N) is 5. The Morgan fingerprint density at radius 1 is 1.02 bits per heavy atom. The van der Waals surface area contributed by atoms with Crippen LogP contribution < -0.4 is 10.2 Å². The van der Waals surface area contributed by atoms with Crippen molar-refractivity contribution in [1.82, 2.24) is 15.1 Å². The van der Waals surface area contributed by atoms with E-state index in [0.29, 0.717) is 13.1 Å². The van der Waals surface area contributed by atoms with Gasteiger partial charge in [-0.3, -0.25) is 14.6 Å². The number of rotatable bonds is 9. The van der Waals surface area contributed by atoms with Crippen LogP contribution in [0.4, 0.5) is 5.69 Å². The van der Waals surface area contributed by atoms with Gasteiger partial charge >= 0.3 is 0 Å². The van der Waals surface area contributed by atoms with Gasteiger partial charge in [0.25, 0.3) is 5.91 Å². The zero-order valence-electron chi connectivity index (χ0n) is 24.4. The van der Waals surface area contributed by atoms with Crippen LogP contribution in [0.5, 0.6) is 0 Å². The fourth-order valence-corrected chi connectivity index (χ4v) is 5.97. The third kappa shape index (κ3) is 6.80. The van der Waals surface area contributed by atoms with Crippen molar-refractivity contribution >= 4 is 11.6 Å². The van der Waals surface area contributed by atoms with Gasteiger partial charge in [-0.25, -0.2) is 0 Å². The first kappa shape index (κ1) is 29.5. The van der Waals surface area contributed by atoms with Gasteiger partial charge in [-0.2, -0.15) is 10.5 Å². The van der Waals surface area contributed by atoms with Crippen LogP contribution in [0.15, 0.2) is 53.6 Å².